The Balaban J connectivity index is 1.96. The molecule has 1 aromatic carbocycles. The molecule has 0 aliphatic carbocycles. The molecule has 0 aliphatic rings. The van der Waals surface area contributed by atoms with Crippen molar-refractivity contribution in [2.45, 2.75) is 33.6 Å². The predicted molar refractivity (Wildman–Crippen MR) is 88.5 cm³/mol. The highest BCUT2D eigenvalue weighted by atomic mass is 16.3. The Labute approximate surface area is 128 Å². The molecule has 0 bridgehead atoms. The van der Waals surface area contributed by atoms with Crippen molar-refractivity contribution in [1.82, 2.24) is 5.32 Å². The first kappa shape index (κ1) is 15.8. The summed E-state index contributed by atoms with van der Waals surface area (Å²) in [6.45, 7) is 8.79. The second kappa shape index (κ2) is 8.04. The van der Waals surface area contributed by atoms with Gasteiger partial charge in [-0.3, -0.25) is 0 Å². The van der Waals surface area contributed by atoms with Gasteiger partial charge in [-0.15, -0.1) is 0 Å². The van der Waals surface area contributed by atoms with Crippen LogP contribution < -0.4 is 5.32 Å². The van der Waals surface area contributed by atoms with Crippen LogP contribution in [-0.2, 0) is 12.8 Å². The maximum Gasteiger partial charge on any atom is 0.0934 e. The van der Waals surface area contributed by atoms with Crippen molar-refractivity contribution >= 4 is 0 Å². The molecular formula is C19H27NO. The third-order valence-corrected chi connectivity index (χ3v) is 3.70. The standard InChI is InChI=1S/C19H27NO/c1-15(2)12-20-13-19(11-18-7-8-21-14-18)10-17-6-4-5-16(3)9-17/h4-9,14-15,19-20H,10-13H2,1-3H3. The Morgan fingerprint density at radius 2 is 1.86 bits per heavy atom. The fourth-order valence-electron chi connectivity index (χ4n) is 2.71. The average Bonchev–Trinajstić information content (AvgIpc) is 2.91. The number of benzene rings is 1. The quantitative estimate of drug-likeness (QED) is 0.785. The second-order valence-corrected chi connectivity index (χ2v) is 6.45. The van der Waals surface area contributed by atoms with Crippen molar-refractivity contribution in [3.05, 3.63) is 59.5 Å². The molecule has 21 heavy (non-hydrogen) atoms. The van der Waals surface area contributed by atoms with Gasteiger partial charge in [-0.2, -0.15) is 0 Å². The molecule has 0 radical (unpaired) electrons. The van der Waals surface area contributed by atoms with Crippen molar-refractivity contribution in [2.24, 2.45) is 11.8 Å². The van der Waals surface area contributed by atoms with E-state index in [-0.39, 0.29) is 0 Å². The van der Waals surface area contributed by atoms with E-state index in [1.165, 1.54) is 16.7 Å². The lowest BCUT2D eigenvalue weighted by Gasteiger charge is -2.18. The van der Waals surface area contributed by atoms with Gasteiger partial charge in [0.1, 0.15) is 0 Å². The highest BCUT2D eigenvalue weighted by Gasteiger charge is 2.12. The zero-order chi connectivity index (χ0) is 15.1. The number of hydrogen-bond donors (Lipinski definition) is 1. The van der Waals surface area contributed by atoms with Crippen molar-refractivity contribution in [3.8, 4) is 0 Å². The zero-order valence-electron chi connectivity index (χ0n) is 13.4. The van der Waals surface area contributed by atoms with E-state index in [0.29, 0.717) is 11.8 Å². The fourth-order valence-corrected chi connectivity index (χ4v) is 2.71. The molecule has 1 aromatic heterocycles. The van der Waals surface area contributed by atoms with Crippen LogP contribution in [0.1, 0.15) is 30.5 Å². The van der Waals surface area contributed by atoms with Crippen LogP contribution in [-0.4, -0.2) is 13.1 Å². The number of rotatable bonds is 8. The van der Waals surface area contributed by atoms with Crippen molar-refractivity contribution < 1.29 is 4.42 Å². The maximum absolute atomic E-state index is 5.21. The summed E-state index contributed by atoms with van der Waals surface area (Å²) in [4.78, 5) is 0. The van der Waals surface area contributed by atoms with E-state index in [9.17, 15) is 0 Å². The van der Waals surface area contributed by atoms with Crippen LogP contribution in [0, 0.1) is 18.8 Å². The minimum Gasteiger partial charge on any atom is -0.472 e. The Bertz CT molecular complexity index is 516. The largest absolute Gasteiger partial charge is 0.472 e. The first-order valence-electron chi connectivity index (χ1n) is 7.91. The van der Waals surface area contributed by atoms with Crippen molar-refractivity contribution in [3.63, 3.8) is 0 Å². The van der Waals surface area contributed by atoms with Crippen LogP contribution in [0.2, 0.25) is 0 Å². The summed E-state index contributed by atoms with van der Waals surface area (Å²) in [5.74, 6) is 1.29. The smallest absolute Gasteiger partial charge is 0.0934 e. The predicted octanol–water partition coefficient (Wildman–Crippen LogP) is 4.24. The monoisotopic (exact) mass is 285 g/mol. The lowest BCUT2D eigenvalue weighted by atomic mass is 9.92. The van der Waals surface area contributed by atoms with E-state index >= 15 is 0 Å². The van der Waals surface area contributed by atoms with E-state index in [1.54, 1.807) is 6.26 Å². The highest BCUT2D eigenvalue weighted by molar-refractivity contribution is 5.23. The SMILES string of the molecule is Cc1cccc(CC(CNCC(C)C)Cc2ccoc2)c1. The molecule has 0 fully saturated rings. The van der Waals surface area contributed by atoms with Crippen LogP contribution in [0.4, 0.5) is 0 Å². The first-order chi connectivity index (χ1) is 10.1. The van der Waals surface area contributed by atoms with Crippen LogP contribution >= 0.6 is 0 Å². The van der Waals surface area contributed by atoms with Gasteiger partial charge in [0.05, 0.1) is 12.5 Å². The molecule has 2 heteroatoms. The Morgan fingerprint density at radius 3 is 2.52 bits per heavy atom. The van der Waals surface area contributed by atoms with E-state index in [4.69, 9.17) is 4.42 Å². The molecule has 1 atom stereocenters. The topological polar surface area (TPSA) is 25.2 Å². The van der Waals surface area contributed by atoms with Gasteiger partial charge in [-0.05, 0) is 61.9 Å². The third kappa shape index (κ3) is 5.76. The molecule has 114 valence electrons. The van der Waals surface area contributed by atoms with E-state index in [1.807, 2.05) is 6.26 Å². The Kier molecular flexibility index (Phi) is 6.06. The average molecular weight is 285 g/mol. The molecule has 0 amide bonds. The summed E-state index contributed by atoms with van der Waals surface area (Å²) in [5.41, 5.74) is 4.05. The van der Waals surface area contributed by atoms with Crippen molar-refractivity contribution in [2.75, 3.05) is 13.1 Å². The molecule has 0 aliphatic heterocycles. The lowest BCUT2D eigenvalue weighted by molar-refractivity contribution is 0.443. The van der Waals surface area contributed by atoms with Gasteiger partial charge < -0.3 is 9.73 Å². The number of furan rings is 1. The summed E-state index contributed by atoms with van der Waals surface area (Å²) in [6.07, 6.45) is 5.81. The molecule has 1 N–H and O–H groups in total. The van der Waals surface area contributed by atoms with Gasteiger partial charge in [0.15, 0.2) is 0 Å². The van der Waals surface area contributed by atoms with Gasteiger partial charge in [0, 0.05) is 0 Å². The van der Waals surface area contributed by atoms with Gasteiger partial charge in [-0.25, -0.2) is 0 Å². The molecule has 0 saturated carbocycles. The summed E-state index contributed by atoms with van der Waals surface area (Å²) in [6, 6.07) is 10.9. The molecule has 0 saturated heterocycles. The van der Waals surface area contributed by atoms with E-state index in [0.717, 1.165) is 25.9 Å². The summed E-state index contributed by atoms with van der Waals surface area (Å²) in [7, 11) is 0. The molecule has 2 nitrogen and oxygen atoms in total. The lowest BCUT2D eigenvalue weighted by Crippen LogP contribution is -2.28. The fraction of sp³-hybridized carbons (Fsp3) is 0.474. The number of hydrogen-bond acceptors (Lipinski definition) is 2. The molecular weight excluding hydrogens is 258 g/mol. The molecule has 2 rings (SSSR count). The number of nitrogens with one attached hydrogen (secondary N) is 1. The second-order valence-electron chi connectivity index (χ2n) is 6.45. The molecule has 1 unspecified atom stereocenters. The summed E-state index contributed by atoms with van der Waals surface area (Å²) in [5, 5.41) is 3.60. The normalized spacial score (nSPS) is 12.8. The zero-order valence-corrected chi connectivity index (χ0v) is 13.4. The molecule has 1 heterocycles. The first-order valence-corrected chi connectivity index (χ1v) is 7.91. The highest BCUT2D eigenvalue weighted by Crippen LogP contribution is 2.16. The van der Waals surface area contributed by atoms with Crippen LogP contribution in [0.15, 0.2) is 47.3 Å². The van der Waals surface area contributed by atoms with Crippen LogP contribution in [0.5, 0.6) is 0 Å². The van der Waals surface area contributed by atoms with E-state index in [2.05, 4.69) is 56.4 Å². The molecule has 2 aromatic rings. The summed E-state index contributed by atoms with van der Waals surface area (Å²) >= 11 is 0. The Hall–Kier alpha value is -1.54. The van der Waals surface area contributed by atoms with Gasteiger partial charge in [-0.1, -0.05) is 43.7 Å². The minimum atomic E-state index is 0.600. The van der Waals surface area contributed by atoms with Gasteiger partial charge in [0.25, 0.3) is 0 Å². The minimum absolute atomic E-state index is 0.600. The molecule has 0 spiro atoms. The van der Waals surface area contributed by atoms with Crippen LogP contribution in [0.25, 0.3) is 0 Å². The Morgan fingerprint density at radius 1 is 1.05 bits per heavy atom. The number of aryl methyl sites for hydroxylation is 1. The van der Waals surface area contributed by atoms with Crippen molar-refractivity contribution in [1.29, 1.82) is 0 Å². The maximum atomic E-state index is 5.21. The third-order valence-electron chi connectivity index (χ3n) is 3.70. The summed E-state index contributed by atoms with van der Waals surface area (Å²) < 4.78 is 5.21. The van der Waals surface area contributed by atoms with E-state index < -0.39 is 0 Å². The van der Waals surface area contributed by atoms with Crippen LogP contribution in [0.3, 0.4) is 0 Å². The van der Waals surface area contributed by atoms with Gasteiger partial charge in [0.2, 0.25) is 0 Å². The van der Waals surface area contributed by atoms with Gasteiger partial charge >= 0.3 is 0 Å².